The van der Waals surface area contributed by atoms with Crippen molar-refractivity contribution < 1.29 is 19.4 Å². The SMILES string of the molecule is CCCc1cc(NCC(=O)c2ccc(O)cc2)ccc1NC(=O)OC(C)(C)C. The molecule has 0 saturated carbocycles. The number of anilines is 2. The summed E-state index contributed by atoms with van der Waals surface area (Å²) in [6, 6.07) is 11.7. The lowest BCUT2D eigenvalue weighted by Gasteiger charge is -2.20. The van der Waals surface area contributed by atoms with Crippen LogP contribution in [0.25, 0.3) is 0 Å². The van der Waals surface area contributed by atoms with Crippen molar-refractivity contribution in [3.05, 3.63) is 53.6 Å². The molecule has 6 heteroatoms. The molecule has 3 N–H and O–H groups in total. The number of hydrogen-bond acceptors (Lipinski definition) is 5. The number of ether oxygens (including phenoxy) is 1. The summed E-state index contributed by atoms with van der Waals surface area (Å²) >= 11 is 0. The van der Waals surface area contributed by atoms with E-state index in [1.165, 1.54) is 12.1 Å². The van der Waals surface area contributed by atoms with Crippen LogP contribution in [-0.4, -0.2) is 29.1 Å². The highest BCUT2D eigenvalue weighted by molar-refractivity contribution is 5.99. The fourth-order valence-electron chi connectivity index (χ4n) is 2.65. The fourth-order valence-corrected chi connectivity index (χ4v) is 2.65. The Morgan fingerprint density at radius 3 is 2.36 bits per heavy atom. The van der Waals surface area contributed by atoms with Crippen LogP contribution in [0.2, 0.25) is 0 Å². The number of phenols is 1. The quantitative estimate of drug-likeness (QED) is 0.586. The van der Waals surface area contributed by atoms with Gasteiger partial charge in [-0.3, -0.25) is 10.1 Å². The van der Waals surface area contributed by atoms with E-state index in [2.05, 4.69) is 17.6 Å². The molecule has 2 aromatic rings. The molecule has 0 radical (unpaired) electrons. The van der Waals surface area contributed by atoms with Crippen molar-refractivity contribution >= 4 is 23.3 Å². The van der Waals surface area contributed by atoms with Gasteiger partial charge in [-0.05, 0) is 75.2 Å². The van der Waals surface area contributed by atoms with Crippen LogP contribution in [0.3, 0.4) is 0 Å². The minimum Gasteiger partial charge on any atom is -0.508 e. The Bertz CT molecular complexity index is 823. The van der Waals surface area contributed by atoms with Gasteiger partial charge in [0.05, 0.1) is 6.54 Å². The zero-order valence-corrected chi connectivity index (χ0v) is 16.8. The van der Waals surface area contributed by atoms with E-state index in [-0.39, 0.29) is 18.1 Å². The molecule has 0 fully saturated rings. The molecule has 0 heterocycles. The Morgan fingerprint density at radius 1 is 1.07 bits per heavy atom. The molecule has 6 nitrogen and oxygen atoms in total. The maximum atomic E-state index is 12.3. The summed E-state index contributed by atoms with van der Waals surface area (Å²) in [5.41, 5.74) is 2.43. The molecular weight excluding hydrogens is 356 g/mol. The summed E-state index contributed by atoms with van der Waals surface area (Å²) < 4.78 is 5.31. The van der Waals surface area contributed by atoms with Crippen LogP contribution in [-0.2, 0) is 11.2 Å². The van der Waals surface area contributed by atoms with Gasteiger partial charge in [0, 0.05) is 16.9 Å². The third-order valence-corrected chi connectivity index (χ3v) is 3.90. The van der Waals surface area contributed by atoms with Gasteiger partial charge in [-0.15, -0.1) is 0 Å². The largest absolute Gasteiger partial charge is 0.508 e. The van der Waals surface area contributed by atoms with Gasteiger partial charge in [-0.1, -0.05) is 13.3 Å². The van der Waals surface area contributed by atoms with Gasteiger partial charge in [-0.25, -0.2) is 4.79 Å². The Balaban J connectivity index is 2.05. The number of carbonyl (C=O) groups is 2. The number of carbonyl (C=O) groups excluding carboxylic acids is 2. The van der Waals surface area contributed by atoms with Crippen molar-refractivity contribution in [3.8, 4) is 5.75 Å². The van der Waals surface area contributed by atoms with E-state index < -0.39 is 11.7 Å². The van der Waals surface area contributed by atoms with Crippen molar-refractivity contribution in [1.29, 1.82) is 0 Å². The Labute approximate surface area is 165 Å². The molecule has 2 rings (SSSR count). The van der Waals surface area contributed by atoms with Crippen molar-refractivity contribution in [3.63, 3.8) is 0 Å². The average Bonchev–Trinajstić information content (AvgIpc) is 2.61. The Hall–Kier alpha value is -3.02. The number of aryl methyl sites for hydroxylation is 1. The topological polar surface area (TPSA) is 87.7 Å². The van der Waals surface area contributed by atoms with Gasteiger partial charge in [0.1, 0.15) is 11.4 Å². The molecule has 0 aliphatic carbocycles. The summed E-state index contributed by atoms with van der Waals surface area (Å²) in [6.45, 7) is 7.65. The number of phenolic OH excluding ortho intramolecular Hbond substituents is 1. The van der Waals surface area contributed by atoms with E-state index in [1.807, 2.05) is 39.0 Å². The summed E-state index contributed by atoms with van der Waals surface area (Å²) in [5, 5.41) is 15.2. The van der Waals surface area contributed by atoms with E-state index in [0.29, 0.717) is 11.3 Å². The molecule has 2 aromatic carbocycles. The molecule has 0 unspecified atom stereocenters. The average molecular weight is 384 g/mol. The third-order valence-electron chi connectivity index (χ3n) is 3.90. The van der Waals surface area contributed by atoms with E-state index in [0.717, 1.165) is 24.1 Å². The lowest BCUT2D eigenvalue weighted by atomic mass is 10.1. The van der Waals surface area contributed by atoms with Crippen molar-refractivity contribution in [2.24, 2.45) is 0 Å². The predicted molar refractivity (Wildman–Crippen MR) is 111 cm³/mol. The first kappa shape index (κ1) is 21.3. The molecule has 28 heavy (non-hydrogen) atoms. The highest BCUT2D eigenvalue weighted by Crippen LogP contribution is 2.23. The maximum Gasteiger partial charge on any atom is 0.412 e. The maximum absolute atomic E-state index is 12.3. The molecular formula is C22H28N2O4. The zero-order chi connectivity index (χ0) is 20.7. The number of aromatic hydroxyl groups is 1. The number of rotatable bonds is 7. The zero-order valence-electron chi connectivity index (χ0n) is 16.8. The Morgan fingerprint density at radius 2 is 1.75 bits per heavy atom. The highest BCUT2D eigenvalue weighted by atomic mass is 16.6. The number of hydrogen-bond donors (Lipinski definition) is 3. The van der Waals surface area contributed by atoms with Crippen molar-refractivity contribution in [2.45, 2.75) is 46.1 Å². The molecule has 0 bridgehead atoms. The standard InChI is InChI=1S/C22H28N2O4/c1-5-6-16-13-17(9-12-19(16)24-21(27)28-22(2,3)4)23-14-20(26)15-7-10-18(25)11-8-15/h7-13,23,25H,5-6,14H2,1-4H3,(H,24,27). The molecule has 0 aromatic heterocycles. The van der Waals surface area contributed by atoms with Gasteiger partial charge in [0.15, 0.2) is 5.78 Å². The molecule has 1 amide bonds. The van der Waals surface area contributed by atoms with Crippen molar-refractivity contribution in [2.75, 3.05) is 17.2 Å². The lowest BCUT2D eigenvalue weighted by Crippen LogP contribution is -2.27. The predicted octanol–water partition coefficient (Wildman–Crippen LogP) is 4.99. The number of amides is 1. The molecule has 150 valence electrons. The van der Waals surface area contributed by atoms with Crippen LogP contribution >= 0.6 is 0 Å². The lowest BCUT2D eigenvalue weighted by molar-refractivity contribution is 0.0635. The summed E-state index contributed by atoms with van der Waals surface area (Å²) in [6.07, 6.45) is 1.21. The minimum absolute atomic E-state index is 0.0759. The van der Waals surface area contributed by atoms with E-state index in [4.69, 9.17) is 4.74 Å². The number of ketones is 1. The van der Waals surface area contributed by atoms with Gasteiger partial charge in [0.2, 0.25) is 0 Å². The Kier molecular flexibility index (Phi) is 7.04. The molecule has 0 saturated heterocycles. The first-order valence-electron chi connectivity index (χ1n) is 9.37. The van der Waals surface area contributed by atoms with Gasteiger partial charge >= 0.3 is 6.09 Å². The van der Waals surface area contributed by atoms with Gasteiger partial charge < -0.3 is 15.2 Å². The second-order valence-corrected chi connectivity index (χ2v) is 7.57. The van der Waals surface area contributed by atoms with Crippen LogP contribution in [0.4, 0.5) is 16.2 Å². The first-order chi connectivity index (χ1) is 13.2. The van der Waals surface area contributed by atoms with Gasteiger partial charge in [-0.2, -0.15) is 0 Å². The second-order valence-electron chi connectivity index (χ2n) is 7.57. The normalized spacial score (nSPS) is 11.0. The summed E-state index contributed by atoms with van der Waals surface area (Å²) in [7, 11) is 0. The molecule has 0 spiro atoms. The van der Waals surface area contributed by atoms with Gasteiger partial charge in [0.25, 0.3) is 0 Å². The van der Waals surface area contributed by atoms with Crippen LogP contribution in [0.5, 0.6) is 5.75 Å². The third kappa shape index (κ3) is 6.61. The van der Waals surface area contributed by atoms with Crippen LogP contribution in [0.1, 0.15) is 50.0 Å². The van der Waals surface area contributed by atoms with Crippen LogP contribution in [0, 0.1) is 0 Å². The first-order valence-corrected chi connectivity index (χ1v) is 9.37. The highest BCUT2D eigenvalue weighted by Gasteiger charge is 2.17. The number of nitrogens with one attached hydrogen (secondary N) is 2. The molecule has 0 atom stereocenters. The number of benzene rings is 2. The van der Waals surface area contributed by atoms with E-state index >= 15 is 0 Å². The van der Waals surface area contributed by atoms with Crippen molar-refractivity contribution in [1.82, 2.24) is 0 Å². The van der Waals surface area contributed by atoms with Crippen LogP contribution in [0.15, 0.2) is 42.5 Å². The summed E-state index contributed by atoms with van der Waals surface area (Å²) in [4.78, 5) is 24.3. The fraction of sp³-hybridized carbons (Fsp3) is 0.364. The monoisotopic (exact) mass is 384 g/mol. The number of Topliss-reactive ketones (excluding diaryl/α,β-unsaturated/α-hetero) is 1. The smallest absolute Gasteiger partial charge is 0.412 e. The van der Waals surface area contributed by atoms with E-state index in [9.17, 15) is 14.7 Å². The minimum atomic E-state index is -0.564. The summed E-state index contributed by atoms with van der Waals surface area (Å²) in [5.74, 6) is 0.0507. The molecule has 0 aliphatic rings. The second kappa shape index (κ2) is 9.26. The molecule has 0 aliphatic heterocycles. The van der Waals surface area contributed by atoms with E-state index in [1.54, 1.807) is 12.1 Å². The van der Waals surface area contributed by atoms with Crippen LogP contribution < -0.4 is 10.6 Å².